The highest BCUT2D eigenvalue weighted by Crippen LogP contribution is 2.44. The highest BCUT2D eigenvalue weighted by molar-refractivity contribution is 14.1. The van der Waals surface area contributed by atoms with Crippen molar-refractivity contribution < 1.29 is 4.79 Å². The number of amides is 1. The number of H-pyrrole nitrogens is 1. The van der Waals surface area contributed by atoms with Gasteiger partial charge in [-0.2, -0.15) is 5.10 Å². The van der Waals surface area contributed by atoms with E-state index in [1.807, 2.05) is 29.6 Å². The minimum atomic E-state index is -0.0646. The zero-order valence-electron chi connectivity index (χ0n) is 12.0. The van der Waals surface area contributed by atoms with E-state index >= 15 is 0 Å². The molecular weight excluding hydrogens is 445 g/mol. The molecule has 0 aliphatic heterocycles. The Labute approximate surface area is 155 Å². The summed E-state index contributed by atoms with van der Waals surface area (Å²) >= 11 is 10.0. The summed E-state index contributed by atoms with van der Waals surface area (Å²) in [5.74, 6) is 0.429. The van der Waals surface area contributed by atoms with Gasteiger partial charge in [0.1, 0.15) is 3.70 Å². The fourth-order valence-electron chi connectivity index (χ4n) is 2.70. The van der Waals surface area contributed by atoms with Gasteiger partial charge in [-0.1, -0.05) is 11.6 Å². The number of carbonyl (C=O) groups excluding carboxylic acids is 1. The SMILES string of the molecule is O=C(N[C@H](c1sccc1Cl)C1CC1)c1ccc2[nH]nc(I)c2c1. The van der Waals surface area contributed by atoms with Crippen molar-refractivity contribution in [2.24, 2.45) is 5.92 Å². The van der Waals surface area contributed by atoms with Crippen molar-refractivity contribution in [2.45, 2.75) is 18.9 Å². The van der Waals surface area contributed by atoms with Gasteiger partial charge in [0, 0.05) is 15.8 Å². The number of hydrogen-bond donors (Lipinski definition) is 2. The van der Waals surface area contributed by atoms with E-state index in [1.165, 1.54) is 0 Å². The number of hydrogen-bond acceptors (Lipinski definition) is 3. The highest BCUT2D eigenvalue weighted by Gasteiger charge is 2.35. The number of halogens is 2. The van der Waals surface area contributed by atoms with Gasteiger partial charge in [-0.05, 0) is 71.0 Å². The Kier molecular flexibility index (Phi) is 4.07. The molecule has 1 amide bonds. The molecule has 1 saturated carbocycles. The summed E-state index contributed by atoms with van der Waals surface area (Å²) in [4.78, 5) is 13.7. The minimum absolute atomic E-state index is 0.00844. The Hall–Kier alpha value is -1.12. The van der Waals surface area contributed by atoms with E-state index in [9.17, 15) is 4.79 Å². The van der Waals surface area contributed by atoms with Crippen LogP contribution in [0.4, 0.5) is 0 Å². The van der Waals surface area contributed by atoms with Crippen LogP contribution in [0.2, 0.25) is 5.02 Å². The molecule has 0 radical (unpaired) electrons. The van der Waals surface area contributed by atoms with Gasteiger partial charge in [0.2, 0.25) is 0 Å². The molecule has 0 bridgehead atoms. The van der Waals surface area contributed by atoms with Gasteiger partial charge in [-0.25, -0.2) is 0 Å². The standard InChI is InChI=1S/C16H13ClIN3OS/c17-11-5-6-23-14(11)13(8-1-2-8)19-16(22)9-3-4-12-10(7-9)15(18)21-20-12/h3-8,13H,1-2H2,(H,19,22)(H,20,21)/t13-/m0/s1. The summed E-state index contributed by atoms with van der Waals surface area (Å²) in [6.45, 7) is 0. The van der Waals surface area contributed by atoms with Crippen molar-refractivity contribution in [2.75, 3.05) is 0 Å². The van der Waals surface area contributed by atoms with E-state index in [4.69, 9.17) is 11.6 Å². The monoisotopic (exact) mass is 457 g/mol. The summed E-state index contributed by atoms with van der Waals surface area (Å²) in [7, 11) is 0. The molecule has 7 heteroatoms. The van der Waals surface area contributed by atoms with E-state index < -0.39 is 0 Å². The third-order valence-corrected chi connectivity index (χ3v) is 6.35. The minimum Gasteiger partial charge on any atom is -0.344 e. The van der Waals surface area contributed by atoms with Crippen molar-refractivity contribution in [3.8, 4) is 0 Å². The topological polar surface area (TPSA) is 57.8 Å². The second-order valence-corrected chi connectivity index (χ2v) is 8.07. The van der Waals surface area contributed by atoms with Crippen LogP contribution in [0.1, 0.15) is 34.1 Å². The fourth-order valence-corrected chi connectivity index (χ4v) is 4.59. The zero-order valence-corrected chi connectivity index (χ0v) is 15.7. The number of nitrogens with one attached hydrogen (secondary N) is 2. The van der Waals surface area contributed by atoms with E-state index in [2.05, 4.69) is 38.1 Å². The van der Waals surface area contributed by atoms with Gasteiger partial charge in [-0.15, -0.1) is 11.3 Å². The van der Waals surface area contributed by atoms with Crippen LogP contribution < -0.4 is 5.32 Å². The first-order chi connectivity index (χ1) is 11.1. The molecule has 23 heavy (non-hydrogen) atoms. The zero-order chi connectivity index (χ0) is 16.0. The Morgan fingerprint density at radius 2 is 2.26 bits per heavy atom. The van der Waals surface area contributed by atoms with Gasteiger partial charge in [0.05, 0.1) is 16.6 Å². The van der Waals surface area contributed by atoms with Crippen LogP contribution in [0.3, 0.4) is 0 Å². The lowest BCUT2D eigenvalue weighted by molar-refractivity contribution is 0.0932. The lowest BCUT2D eigenvalue weighted by atomic mass is 10.1. The molecule has 118 valence electrons. The van der Waals surface area contributed by atoms with E-state index in [-0.39, 0.29) is 11.9 Å². The van der Waals surface area contributed by atoms with Crippen molar-refractivity contribution in [3.05, 3.63) is 48.8 Å². The number of nitrogens with zero attached hydrogens (tertiary/aromatic N) is 1. The quantitative estimate of drug-likeness (QED) is 0.555. The Morgan fingerprint density at radius 3 is 2.96 bits per heavy atom. The Morgan fingerprint density at radius 1 is 1.43 bits per heavy atom. The van der Waals surface area contributed by atoms with E-state index in [0.717, 1.165) is 37.3 Å². The maximum atomic E-state index is 12.7. The molecule has 0 unspecified atom stereocenters. The van der Waals surface area contributed by atoms with Crippen LogP contribution in [-0.2, 0) is 0 Å². The number of benzene rings is 1. The molecule has 2 heterocycles. The molecule has 2 aromatic heterocycles. The summed E-state index contributed by atoms with van der Waals surface area (Å²) in [6, 6.07) is 7.50. The van der Waals surface area contributed by atoms with Crippen molar-refractivity contribution in [1.29, 1.82) is 0 Å². The number of fused-ring (bicyclic) bond motifs is 1. The molecule has 1 aromatic carbocycles. The molecule has 0 saturated heterocycles. The lowest BCUT2D eigenvalue weighted by Gasteiger charge is -2.17. The van der Waals surface area contributed by atoms with Crippen LogP contribution in [0.5, 0.6) is 0 Å². The molecular formula is C16H13ClIN3OS. The number of carbonyl (C=O) groups is 1. The normalized spacial score (nSPS) is 15.7. The van der Waals surface area contributed by atoms with Gasteiger partial charge in [0.15, 0.2) is 0 Å². The summed E-state index contributed by atoms with van der Waals surface area (Å²) < 4.78 is 0.868. The van der Waals surface area contributed by atoms with Crippen molar-refractivity contribution in [1.82, 2.24) is 15.5 Å². The largest absolute Gasteiger partial charge is 0.344 e. The average molecular weight is 458 g/mol. The first kappa shape index (κ1) is 15.4. The van der Waals surface area contributed by atoms with Gasteiger partial charge >= 0.3 is 0 Å². The number of rotatable bonds is 4. The number of aromatic amines is 1. The average Bonchev–Trinajstić information content (AvgIpc) is 3.21. The van der Waals surface area contributed by atoms with Crippen LogP contribution in [0.15, 0.2) is 29.6 Å². The molecule has 1 aliphatic carbocycles. The molecule has 1 aliphatic rings. The molecule has 2 N–H and O–H groups in total. The van der Waals surface area contributed by atoms with Crippen molar-refractivity contribution in [3.63, 3.8) is 0 Å². The molecule has 3 aromatic rings. The van der Waals surface area contributed by atoms with Crippen molar-refractivity contribution >= 4 is 62.3 Å². The molecule has 1 atom stereocenters. The van der Waals surface area contributed by atoms with Crippen LogP contribution in [0.25, 0.3) is 10.9 Å². The maximum absolute atomic E-state index is 12.7. The number of thiophene rings is 1. The van der Waals surface area contributed by atoms with Gasteiger partial charge < -0.3 is 5.32 Å². The van der Waals surface area contributed by atoms with E-state index in [0.29, 0.717) is 11.5 Å². The first-order valence-electron chi connectivity index (χ1n) is 7.31. The van der Waals surface area contributed by atoms with Crippen LogP contribution in [-0.4, -0.2) is 16.1 Å². The van der Waals surface area contributed by atoms with E-state index in [1.54, 1.807) is 11.3 Å². The Bertz CT molecular complexity index is 886. The smallest absolute Gasteiger partial charge is 0.251 e. The third-order valence-electron chi connectivity index (χ3n) is 4.09. The molecule has 1 fully saturated rings. The Balaban J connectivity index is 1.62. The lowest BCUT2D eigenvalue weighted by Crippen LogP contribution is -2.29. The second-order valence-electron chi connectivity index (χ2n) is 5.70. The first-order valence-corrected chi connectivity index (χ1v) is 9.64. The molecule has 4 rings (SSSR count). The second kappa shape index (κ2) is 6.07. The highest BCUT2D eigenvalue weighted by atomic mass is 127. The maximum Gasteiger partial charge on any atom is 0.251 e. The molecule has 4 nitrogen and oxygen atoms in total. The summed E-state index contributed by atoms with van der Waals surface area (Å²) in [5.41, 5.74) is 1.58. The number of aromatic nitrogens is 2. The summed E-state index contributed by atoms with van der Waals surface area (Å²) in [5, 5.41) is 14.0. The van der Waals surface area contributed by atoms with Crippen LogP contribution >= 0.6 is 45.5 Å². The summed E-state index contributed by atoms with van der Waals surface area (Å²) in [6.07, 6.45) is 2.27. The predicted molar refractivity (Wildman–Crippen MR) is 101 cm³/mol. The fraction of sp³-hybridized carbons (Fsp3) is 0.250. The third kappa shape index (κ3) is 2.99. The van der Waals surface area contributed by atoms with Crippen LogP contribution in [0, 0.1) is 9.62 Å². The van der Waals surface area contributed by atoms with Gasteiger partial charge in [0.25, 0.3) is 5.91 Å². The molecule has 0 spiro atoms. The van der Waals surface area contributed by atoms with Gasteiger partial charge in [-0.3, -0.25) is 9.89 Å². The predicted octanol–water partition coefficient (Wildman–Crippen LogP) is 4.76.